The van der Waals surface area contributed by atoms with E-state index in [0.29, 0.717) is 0 Å². The van der Waals surface area contributed by atoms with Crippen LogP contribution >= 0.6 is 0 Å². The molecule has 0 atom stereocenters. The summed E-state index contributed by atoms with van der Waals surface area (Å²) in [4.78, 5) is 2.36. The number of para-hydroxylation sites is 5. The normalized spacial score (nSPS) is 11.5. The van der Waals surface area contributed by atoms with Crippen molar-refractivity contribution < 1.29 is 4.42 Å². The van der Waals surface area contributed by atoms with Crippen LogP contribution in [0.2, 0.25) is 0 Å². The Morgan fingerprint density at radius 1 is 0.275 bits per heavy atom. The van der Waals surface area contributed by atoms with Crippen molar-refractivity contribution in [2.45, 2.75) is 0 Å². The summed E-state index contributed by atoms with van der Waals surface area (Å²) in [5, 5.41) is 4.77. The lowest BCUT2D eigenvalue weighted by atomic mass is 9.98. The van der Waals surface area contributed by atoms with Gasteiger partial charge in [-0.25, -0.2) is 0 Å². The van der Waals surface area contributed by atoms with Crippen LogP contribution in [0.3, 0.4) is 0 Å². The van der Waals surface area contributed by atoms with Crippen molar-refractivity contribution in [2.75, 3.05) is 4.90 Å². The van der Waals surface area contributed by atoms with Gasteiger partial charge in [-0.2, -0.15) is 0 Å². The average molecular weight is 881 g/mol. The number of hydrogen-bond acceptors (Lipinski definition) is 2. The van der Waals surface area contributed by atoms with Crippen molar-refractivity contribution in [3.63, 3.8) is 0 Å². The van der Waals surface area contributed by atoms with E-state index in [0.717, 1.165) is 66.9 Å². The van der Waals surface area contributed by atoms with E-state index in [1.165, 1.54) is 55.2 Å². The molecule has 13 aromatic rings. The SMILES string of the molecule is c1ccc(-c2cccc(-c3ccc(N(c4ccc(-c5cccc6c5oc5ccccc56)cc4)c4cccc(-c5ccc(-c6ccccc6-n6c7ccccc7c7ccccc76)cc5)c4)cc3)c2)cc1. The van der Waals surface area contributed by atoms with Crippen LogP contribution in [0.15, 0.2) is 271 Å². The highest BCUT2D eigenvalue weighted by atomic mass is 16.3. The molecule has 0 amide bonds. The highest BCUT2D eigenvalue weighted by Crippen LogP contribution is 2.42. The molecule has 0 aliphatic carbocycles. The van der Waals surface area contributed by atoms with E-state index >= 15 is 0 Å². The smallest absolute Gasteiger partial charge is 0.143 e. The minimum Gasteiger partial charge on any atom is -0.455 e. The third kappa shape index (κ3) is 7.16. The Labute approximate surface area is 401 Å². The lowest BCUT2D eigenvalue weighted by Crippen LogP contribution is -2.10. The minimum absolute atomic E-state index is 0.900. The molecule has 0 saturated carbocycles. The fourth-order valence-corrected chi connectivity index (χ4v) is 10.3. The molecule has 13 rings (SSSR count). The Morgan fingerprint density at radius 2 is 0.725 bits per heavy atom. The van der Waals surface area contributed by atoms with Crippen LogP contribution in [-0.4, -0.2) is 4.57 Å². The van der Waals surface area contributed by atoms with Crippen molar-refractivity contribution >= 4 is 60.8 Å². The molecule has 3 nitrogen and oxygen atoms in total. The van der Waals surface area contributed by atoms with Crippen molar-refractivity contribution in [3.05, 3.63) is 267 Å². The number of furan rings is 1. The van der Waals surface area contributed by atoms with Crippen molar-refractivity contribution in [1.29, 1.82) is 0 Å². The van der Waals surface area contributed by atoms with Crippen molar-refractivity contribution in [3.8, 4) is 61.3 Å². The summed E-state index contributed by atoms with van der Waals surface area (Å²) in [6, 6.07) is 96.0. The van der Waals surface area contributed by atoms with Gasteiger partial charge in [0.15, 0.2) is 0 Å². The third-order valence-electron chi connectivity index (χ3n) is 13.6. The molecule has 0 aliphatic rings. The molecular formula is C66H44N2O. The van der Waals surface area contributed by atoms with E-state index in [1.807, 2.05) is 12.1 Å². The summed E-state index contributed by atoms with van der Waals surface area (Å²) in [5.74, 6) is 0. The van der Waals surface area contributed by atoms with Gasteiger partial charge in [0.05, 0.1) is 16.7 Å². The van der Waals surface area contributed by atoms with Gasteiger partial charge in [0.1, 0.15) is 11.2 Å². The van der Waals surface area contributed by atoms with Gasteiger partial charge in [-0.3, -0.25) is 0 Å². The number of nitrogens with zero attached hydrogens (tertiary/aromatic N) is 2. The first kappa shape index (κ1) is 40.1. The van der Waals surface area contributed by atoms with Gasteiger partial charge >= 0.3 is 0 Å². The van der Waals surface area contributed by atoms with Gasteiger partial charge in [-0.15, -0.1) is 0 Å². The second kappa shape index (κ2) is 16.9. The van der Waals surface area contributed by atoms with Gasteiger partial charge < -0.3 is 13.9 Å². The quantitative estimate of drug-likeness (QED) is 0.144. The molecule has 324 valence electrons. The summed E-state index contributed by atoms with van der Waals surface area (Å²) in [7, 11) is 0. The zero-order valence-electron chi connectivity index (χ0n) is 37.7. The largest absolute Gasteiger partial charge is 0.455 e. The second-order valence-corrected chi connectivity index (χ2v) is 17.7. The number of fused-ring (bicyclic) bond motifs is 6. The number of aromatic nitrogens is 1. The maximum Gasteiger partial charge on any atom is 0.143 e. The van der Waals surface area contributed by atoms with Crippen LogP contribution < -0.4 is 4.90 Å². The van der Waals surface area contributed by atoms with E-state index in [4.69, 9.17) is 4.42 Å². The molecule has 0 bridgehead atoms. The molecule has 0 N–H and O–H groups in total. The molecule has 2 aromatic heterocycles. The van der Waals surface area contributed by atoms with Crippen LogP contribution in [0, 0.1) is 0 Å². The Bertz CT molecular complexity index is 3940. The predicted octanol–water partition coefficient (Wildman–Crippen LogP) is 18.5. The number of rotatable bonds is 9. The minimum atomic E-state index is 0.900. The molecule has 0 fully saturated rings. The van der Waals surface area contributed by atoms with Gasteiger partial charge in [-0.05, 0) is 111 Å². The maximum absolute atomic E-state index is 6.46. The van der Waals surface area contributed by atoms with Crippen molar-refractivity contribution in [1.82, 2.24) is 4.57 Å². The summed E-state index contributed by atoms with van der Waals surface area (Å²) in [6.45, 7) is 0. The molecule has 0 spiro atoms. The highest BCUT2D eigenvalue weighted by Gasteiger charge is 2.18. The Hall–Kier alpha value is -9.18. The van der Waals surface area contributed by atoms with E-state index in [-0.39, 0.29) is 0 Å². The molecule has 0 aliphatic heterocycles. The molecule has 11 aromatic carbocycles. The standard InChI is InChI=1S/C66H44N2O/c1-2-15-45(16-3-1)50-17-12-18-51(43-50)47-35-39-53(40-36-47)67(54-41-37-49(38-42-54)57-25-14-26-61-60-24-7-11-30-65(60)69-66(57)61)55-20-13-19-52(44-55)46-31-33-48(34-32-46)56-21-4-8-27-62(56)68-63-28-9-5-22-58(63)59-23-6-10-29-64(59)68/h1-44H. The lowest BCUT2D eigenvalue weighted by Gasteiger charge is -2.26. The fourth-order valence-electron chi connectivity index (χ4n) is 10.3. The molecular weight excluding hydrogens is 837 g/mol. The predicted molar refractivity (Wildman–Crippen MR) is 290 cm³/mol. The second-order valence-electron chi connectivity index (χ2n) is 17.7. The number of hydrogen-bond donors (Lipinski definition) is 0. The maximum atomic E-state index is 6.46. The first-order valence-electron chi connectivity index (χ1n) is 23.6. The first-order valence-corrected chi connectivity index (χ1v) is 23.6. The van der Waals surface area contributed by atoms with Crippen LogP contribution in [-0.2, 0) is 0 Å². The average Bonchev–Trinajstić information content (AvgIpc) is 3.98. The summed E-state index contributed by atoms with van der Waals surface area (Å²) in [6.07, 6.45) is 0. The Morgan fingerprint density at radius 3 is 1.42 bits per heavy atom. The summed E-state index contributed by atoms with van der Waals surface area (Å²) < 4.78 is 8.87. The summed E-state index contributed by atoms with van der Waals surface area (Å²) in [5.41, 5.74) is 20.2. The van der Waals surface area contributed by atoms with Crippen LogP contribution in [0.4, 0.5) is 17.1 Å². The van der Waals surface area contributed by atoms with Crippen molar-refractivity contribution in [2.24, 2.45) is 0 Å². The Kier molecular flexibility index (Phi) is 9.84. The van der Waals surface area contributed by atoms with Crippen LogP contribution in [0.5, 0.6) is 0 Å². The molecule has 0 unspecified atom stereocenters. The van der Waals surface area contributed by atoms with Gasteiger partial charge in [0.2, 0.25) is 0 Å². The van der Waals surface area contributed by atoms with Crippen LogP contribution in [0.25, 0.3) is 105 Å². The fraction of sp³-hybridized carbons (Fsp3) is 0. The van der Waals surface area contributed by atoms with Gasteiger partial charge in [0.25, 0.3) is 0 Å². The molecule has 0 saturated heterocycles. The van der Waals surface area contributed by atoms with E-state index in [2.05, 4.69) is 264 Å². The van der Waals surface area contributed by atoms with Crippen LogP contribution in [0.1, 0.15) is 0 Å². The zero-order chi connectivity index (χ0) is 45.7. The molecule has 3 heteroatoms. The number of anilines is 3. The third-order valence-corrected chi connectivity index (χ3v) is 13.6. The topological polar surface area (TPSA) is 21.3 Å². The monoisotopic (exact) mass is 880 g/mol. The van der Waals surface area contributed by atoms with E-state index < -0.39 is 0 Å². The molecule has 0 radical (unpaired) electrons. The zero-order valence-corrected chi connectivity index (χ0v) is 37.7. The lowest BCUT2D eigenvalue weighted by molar-refractivity contribution is 0.670. The number of benzene rings is 11. The molecule has 2 heterocycles. The highest BCUT2D eigenvalue weighted by molar-refractivity contribution is 6.11. The van der Waals surface area contributed by atoms with E-state index in [1.54, 1.807) is 0 Å². The summed E-state index contributed by atoms with van der Waals surface area (Å²) >= 11 is 0. The van der Waals surface area contributed by atoms with E-state index in [9.17, 15) is 0 Å². The Balaban J connectivity index is 0.871. The molecule has 69 heavy (non-hydrogen) atoms. The van der Waals surface area contributed by atoms with Gasteiger partial charge in [0, 0.05) is 49.7 Å². The first-order chi connectivity index (χ1) is 34.2. The van der Waals surface area contributed by atoms with Gasteiger partial charge in [-0.1, -0.05) is 200 Å².